The second kappa shape index (κ2) is 4.26. The van der Waals surface area contributed by atoms with Crippen LogP contribution in [0.25, 0.3) is 10.1 Å². The highest BCUT2D eigenvalue weighted by Crippen LogP contribution is 2.52. The first-order chi connectivity index (χ1) is 8.82. The van der Waals surface area contributed by atoms with Gasteiger partial charge in [-0.3, -0.25) is 0 Å². The molecule has 0 saturated carbocycles. The number of rotatable bonds is 0. The maximum Gasteiger partial charge on any atom is 0.427 e. The van der Waals surface area contributed by atoms with E-state index in [1.807, 2.05) is 0 Å². The van der Waals surface area contributed by atoms with E-state index >= 15 is 0 Å². The van der Waals surface area contributed by atoms with E-state index in [0.717, 1.165) is 0 Å². The lowest BCUT2D eigenvalue weighted by molar-refractivity contribution is -0.136. The van der Waals surface area contributed by atoms with E-state index < -0.39 is 54.6 Å². The van der Waals surface area contributed by atoms with Crippen molar-refractivity contribution < 1.29 is 39.5 Å². The molecule has 0 nitrogen and oxygen atoms in total. The fourth-order valence-corrected chi connectivity index (χ4v) is 3.68. The van der Waals surface area contributed by atoms with Crippen LogP contribution in [-0.2, 0) is 18.5 Å². The van der Waals surface area contributed by atoms with Crippen molar-refractivity contribution in [1.29, 1.82) is 0 Å². The van der Waals surface area contributed by atoms with Gasteiger partial charge in [0.05, 0.1) is 4.70 Å². The van der Waals surface area contributed by atoms with Crippen molar-refractivity contribution in [2.45, 2.75) is 18.5 Å². The van der Waals surface area contributed by atoms with E-state index in [1.54, 1.807) is 0 Å². The van der Waals surface area contributed by atoms with Gasteiger partial charge in [-0.25, -0.2) is 0 Å². The van der Waals surface area contributed by atoms with Crippen LogP contribution in [0.5, 0.6) is 0 Å². The Morgan fingerprint density at radius 1 is 0.650 bits per heavy atom. The minimum absolute atomic E-state index is 0.106. The summed E-state index contributed by atoms with van der Waals surface area (Å²) in [6.45, 7) is 0. The summed E-state index contributed by atoms with van der Waals surface area (Å²) in [5, 5.41) is -1.06. The van der Waals surface area contributed by atoms with Crippen LogP contribution in [0.3, 0.4) is 0 Å². The summed E-state index contributed by atoms with van der Waals surface area (Å²) >= 11 is -0.934. The summed E-state index contributed by atoms with van der Waals surface area (Å²) in [6, 6.07) is 0.106. The molecule has 2 heterocycles. The van der Waals surface area contributed by atoms with Crippen LogP contribution in [0.2, 0.25) is 0 Å². The third-order valence-electron chi connectivity index (χ3n) is 2.18. The molecule has 0 aliphatic rings. The largest absolute Gasteiger partial charge is 0.427 e. The van der Waals surface area contributed by atoms with Crippen LogP contribution < -0.4 is 0 Å². The Morgan fingerprint density at radius 2 is 1.15 bits per heavy atom. The zero-order valence-electron chi connectivity index (χ0n) is 8.80. The van der Waals surface area contributed by atoms with Crippen LogP contribution in [0.1, 0.15) is 14.6 Å². The normalized spacial score (nSPS) is 14.2. The maximum atomic E-state index is 12.6. The predicted molar refractivity (Wildman–Crippen MR) is 54.7 cm³/mol. The van der Waals surface area contributed by atoms with Gasteiger partial charge in [-0.05, 0) is 6.07 Å². The van der Waals surface area contributed by atoms with Crippen molar-refractivity contribution in [3.05, 3.63) is 20.7 Å². The van der Waals surface area contributed by atoms with Gasteiger partial charge in [0, 0.05) is 5.39 Å². The standard InChI is InChI=1S/C9HF9S2/c10-7(11,12)3-1-2-4(19-3)6(9(16,17)18)20-5(2)8(13,14)15/h1H. The van der Waals surface area contributed by atoms with Gasteiger partial charge in [-0.15, -0.1) is 22.7 Å². The van der Waals surface area contributed by atoms with Gasteiger partial charge in [0.25, 0.3) is 0 Å². The Kier molecular flexibility index (Phi) is 3.29. The molecule has 2 aromatic rings. The van der Waals surface area contributed by atoms with Crippen molar-refractivity contribution in [2.24, 2.45) is 0 Å². The Hall–Kier alpha value is -0.970. The average molecular weight is 344 g/mol. The van der Waals surface area contributed by atoms with E-state index in [2.05, 4.69) is 0 Å². The molecular weight excluding hydrogens is 343 g/mol. The van der Waals surface area contributed by atoms with Gasteiger partial charge in [-0.1, -0.05) is 0 Å². The van der Waals surface area contributed by atoms with Gasteiger partial charge in [-0.2, -0.15) is 39.5 Å². The van der Waals surface area contributed by atoms with E-state index in [4.69, 9.17) is 0 Å². The molecule has 0 N–H and O–H groups in total. The fourth-order valence-electron chi connectivity index (χ4n) is 1.47. The molecule has 0 bridgehead atoms. The van der Waals surface area contributed by atoms with E-state index in [-0.39, 0.29) is 17.4 Å². The highest BCUT2D eigenvalue weighted by Gasteiger charge is 2.45. The summed E-state index contributed by atoms with van der Waals surface area (Å²) in [6.07, 6.45) is -15.3. The fraction of sp³-hybridized carbons (Fsp3) is 0.333. The minimum Gasteiger partial charge on any atom is -0.165 e. The number of hydrogen-bond acceptors (Lipinski definition) is 2. The molecule has 2 aromatic heterocycles. The number of fused-ring (bicyclic) bond motifs is 1. The molecular formula is C9HF9S2. The Labute approximate surface area is 112 Å². The number of hydrogen-bond donors (Lipinski definition) is 0. The highest BCUT2D eigenvalue weighted by atomic mass is 32.1. The summed E-state index contributed by atoms with van der Waals surface area (Å²) in [5.41, 5.74) is 0. The molecule has 112 valence electrons. The molecule has 0 unspecified atom stereocenters. The average Bonchev–Trinajstić information content (AvgIpc) is 2.67. The molecule has 0 atom stereocenters. The first kappa shape index (κ1) is 15.4. The molecule has 0 spiro atoms. The number of thiophene rings is 2. The first-order valence-corrected chi connectivity index (χ1v) is 6.23. The molecule has 0 aliphatic heterocycles. The van der Waals surface area contributed by atoms with Crippen LogP contribution in [-0.4, -0.2) is 0 Å². The lowest BCUT2D eigenvalue weighted by atomic mass is 10.2. The third kappa shape index (κ3) is 2.60. The van der Waals surface area contributed by atoms with Crippen LogP contribution >= 0.6 is 22.7 Å². The third-order valence-corrected chi connectivity index (χ3v) is 4.80. The van der Waals surface area contributed by atoms with Crippen LogP contribution in [0.4, 0.5) is 39.5 Å². The van der Waals surface area contributed by atoms with E-state index in [0.29, 0.717) is 0 Å². The molecule has 0 fully saturated rings. The molecule has 20 heavy (non-hydrogen) atoms. The second-order valence-electron chi connectivity index (χ2n) is 3.61. The smallest absolute Gasteiger partial charge is 0.165 e. The van der Waals surface area contributed by atoms with Gasteiger partial charge in [0.15, 0.2) is 0 Å². The molecule has 11 heteroatoms. The highest BCUT2D eigenvalue weighted by molar-refractivity contribution is 7.24. The topological polar surface area (TPSA) is 0 Å². The Bertz CT molecular complexity index is 591. The quantitative estimate of drug-likeness (QED) is 0.513. The van der Waals surface area contributed by atoms with Gasteiger partial charge in [0.1, 0.15) is 14.6 Å². The second-order valence-corrected chi connectivity index (χ2v) is 5.68. The SMILES string of the molecule is FC(F)(F)c1cc2c(C(F)(F)F)sc(C(F)(F)F)c2s1. The molecule has 0 aliphatic carbocycles. The Balaban J connectivity index is 2.80. The van der Waals surface area contributed by atoms with Gasteiger partial charge >= 0.3 is 18.5 Å². The summed E-state index contributed by atoms with van der Waals surface area (Å²) < 4.78 is 112. The molecule has 0 amide bonds. The zero-order valence-corrected chi connectivity index (χ0v) is 10.4. The van der Waals surface area contributed by atoms with E-state index in [1.165, 1.54) is 0 Å². The Morgan fingerprint density at radius 3 is 1.55 bits per heavy atom. The summed E-state index contributed by atoms with van der Waals surface area (Å²) in [7, 11) is 0. The van der Waals surface area contributed by atoms with Gasteiger partial charge in [0.2, 0.25) is 0 Å². The first-order valence-electron chi connectivity index (χ1n) is 4.59. The van der Waals surface area contributed by atoms with Crippen LogP contribution in [0.15, 0.2) is 6.07 Å². The molecule has 0 radical (unpaired) electrons. The number of halogens is 9. The minimum atomic E-state index is -5.14. The van der Waals surface area contributed by atoms with Crippen molar-refractivity contribution >= 4 is 32.8 Å². The molecule has 0 saturated heterocycles. The molecule has 0 aromatic carbocycles. The van der Waals surface area contributed by atoms with E-state index in [9.17, 15) is 39.5 Å². The molecule has 2 rings (SSSR count). The predicted octanol–water partition coefficient (Wildman–Crippen LogP) is 6.02. The summed E-state index contributed by atoms with van der Waals surface area (Å²) in [4.78, 5) is -4.84. The summed E-state index contributed by atoms with van der Waals surface area (Å²) in [5.74, 6) is 0. The zero-order chi connectivity index (χ0) is 15.5. The van der Waals surface area contributed by atoms with Crippen molar-refractivity contribution in [3.63, 3.8) is 0 Å². The number of alkyl halides is 9. The van der Waals surface area contributed by atoms with Crippen molar-refractivity contribution in [3.8, 4) is 0 Å². The monoisotopic (exact) mass is 344 g/mol. The lowest BCUT2D eigenvalue weighted by Crippen LogP contribution is -2.04. The van der Waals surface area contributed by atoms with Crippen molar-refractivity contribution in [1.82, 2.24) is 0 Å². The van der Waals surface area contributed by atoms with Crippen LogP contribution in [0, 0.1) is 0 Å². The van der Waals surface area contributed by atoms with Crippen molar-refractivity contribution in [2.75, 3.05) is 0 Å². The maximum absolute atomic E-state index is 12.6. The lowest BCUT2D eigenvalue weighted by Gasteiger charge is -2.05. The van der Waals surface area contributed by atoms with Gasteiger partial charge < -0.3 is 0 Å².